The maximum absolute atomic E-state index is 5.65. The smallest absolute Gasteiger partial charge is 0.226 e. The molecule has 0 atom stereocenters. The SMILES string of the molecule is CN=C(NCCCCCc1nc(-c2ccc(OC)cc2)no1)NCCCOCC1CC1.I. The summed E-state index contributed by atoms with van der Waals surface area (Å²) in [7, 11) is 3.45. The third-order valence-corrected chi connectivity index (χ3v) is 5.21. The minimum absolute atomic E-state index is 0. The molecule has 32 heavy (non-hydrogen) atoms. The Morgan fingerprint density at radius 3 is 2.53 bits per heavy atom. The van der Waals surface area contributed by atoms with Gasteiger partial charge in [0.25, 0.3) is 0 Å². The van der Waals surface area contributed by atoms with Gasteiger partial charge in [-0.15, -0.1) is 24.0 Å². The number of hydrogen-bond acceptors (Lipinski definition) is 6. The maximum Gasteiger partial charge on any atom is 0.226 e. The van der Waals surface area contributed by atoms with Crippen LogP contribution in [0.2, 0.25) is 0 Å². The highest BCUT2D eigenvalue weighted by Gasteiger charge is 2.20. The molecule has 2 aromatic rings. The minimum atomic E-state index is 0. The van der Waals surface area contributed by atoms with Crippen molar-refractivity contribution in [2.75, 3.05) is 40.5 Å². The van der Waals surface area contributed by atoms with Crippen LogP contribution in [0.5, 0.6) is 5.75 Å². The lowest BCUT2D eigenvalue weighted by Gasteiger charge is -2.11. The van der Waals surface area contributed by atoms with Crippen LogP contribution in [-0.4, -0.2) is 56.6 Å². The number of aromatic nitrogens is 2. The molecule has 1 heterocycles. The van der Waals surface area contributed by atoms with Crippen molar-refractivity contribution in [1.82, 2.24) is 20.8 Å². The van der Waals surface area contributed by atoms with Gasteiger partial charge in [0.15, 0.2) is 5.96 Å². The Kier molecular flexibility index (Phi) is 12.4. The Balaban J connectivity index is 0.00000363. The zero-order valence-electron chi connectivity index (χ0n) is 19.1. The standard InChI is InChI=1S/C23H35N5O3.HI/c1-24-23(26-15-6-16-30-17-18-8-9-18)25-14-5-3-4-7-21-27-22(28-31-21)19-10-12-20(29-2)13-11-19;/h10-13,18H,3-9,14-17H2,1-2H3,(H2,24,25,26);1H. The molecule has 0 spiro atoms. The van der Waals surface area contributed by atoms with Gasteiger partial charge in [0.05, 0.1) is 7.11 Å². The number of guanidine groups is 1. The van der Waals surface area contributed by atoms with Crippen LogP contribution in [-0.2, 0) is 11.2 Å². The van der Waals surface area contributed by atoms with Crippen LogP contribution in [0.15, 0.2) is 33.8 Å². The summed E-state index contributed by atoms with van der Waals surface area (Å²) in [6.07, 6.45) is 7.62. The Bertz CT molecular complexity index is 793. The number of halogens is 1. The Morgan fingerprint density at radius 2 is 1.84 bits per heavy atom. The van der Waals surface area contributed by atoms with E-state index >= 15 is 0 Å². The lowest BCUT2D eigenvalue weighted by Crippen LogP contribution is -2.38. The summed E-state index contributed by atoms with van der Waals surface area (Å²) in [6.45, 7) is 3.51. The van der Waals surface area contributed by atoms with Crippen molar-refractivity contribution in [3.63, 3.8) is 0 Å². The molecule has 9 heteroatoms. The van der Waals surface area contributed by atoms with Crippen LogP contribution in [0, 0.1) is 5.92 Å². The Hall–Kier alpha value is -1.88. The molecule has 0 bridgehead atoms. The van der Waals surface area contributed by atoms with E-state index in [0.717, 1.165) is 81.6 Å². The monoisotopic (exact) mass is 557 g/mol. The van der Waals surface area contributed by atoms with E-state index in [0.29, 0.717) is 11.7 Å². The average Bonchev–Trinajstić information content (AvgIpc) is 3.52. The van der Waals surface area contributed by atoms with E-state index in [9.17, 15) is 0 Å². The maximum atomic E-state index is 5.65. The lowest BCUT2D eigenvalue weighted by atomic mass is 10.2. The number of ether oxygens (including phenoxy) is 2. The van der Waals surface area contributed by atoms with Crippen LogP contribution in [0.3, 0.4) is 0 Å². The summed E-state index contributed by atoms with van der Waals surface area (Å²) in [6, 6.07) is 7.65. The van der Waals surface area contributed by atoms with Gasteiger partial charge in [-0.1, -0.05) is 11.6 Å². The Morgan fingerprint density at radius 1 is 1.09 bits per heavy atom. The molecule has 1 aliphatic carbocycles. The zero-order valence-corrected chi connectivity index (χ0v) is 21.5. The van der Waals surface area contributed by atoms with Crippen molar-refractivity contribution in [3.8, 4) is 17.1 Å². The fourth-order valence-electron chi connectivity index (χ4n) is 3.13. The summed E-state index contributed by atoms with van der Waals surface area (Å²) in [4.78, 5) is 8.75. The van der Waals surface area contributed by atoms with E-state index in [-0.39, 0.29) is 24.0 Å². The van der Waals surface area contributed by atoms with Crippen molar-refractivity contribution in [1.29, 1.82) is 0 Å². The molecule has 0 amide bonds. The van der Waals surface area contributed by atoms with Gasteiger partial charge in [0, 0.05) is 45.3 Å². The number of nitrogens with zero attached hydrogens (tertiary/aromatic N) is 3. The number of aliphatic imine (C=N–C) groups is 1. The molecule has 0 unspecified atom stereocenters. The molecule has 1 saturated carbocycles. The van der Waals surface area contributed by atoms with Gasteiger partial charge < -0.3 is 24.6 Å². The first kappa shape index (κ1) is 26.4. The number of hydrogen-bond donors (Lipinski definition) is 2. The molecular weight excluding hydrogens is 521 g/mol. The van der Waals surface area contributed by atoms with Crippen LogP contribution >= 0.6 is 24.0 Å². The molecule has 0 aliphatic heterocycles. The van der Waals surface area contributed by atoms with Crippen LogP contribution in [0.25, 0.3) is 11.4 Å². The van der Waals surface area contributed by atoms with E-state index in [4.69, 9.17) is 14.0 Å². The highest BCUT2D eigenvalue weighted by molar-refractivity contribution is 14.0. The second kappa shape index (κ2) is 15.0. The second-order valence-corrected chi connectivity index (χ2v) is 7.85. The predicted molar refractivity (Wildman–Crippen MR) is 137 cm³/mol. The van der Waals surface area contributed by atoms with Gasteiger partial charge in [-0.3, -0.25) is 4.99 Å². The first-order valence-electron chi connectivity index (χ1n) is 11.3. The second-order valence-electron chi connectivity index (χ2n) is 7.85. The minimum Gasteiger partial charge on any atom is -0.497 e. The van der Waals surface area contributed by atoms with Crippen molar-refractivity contribution in [2.45, 2.75) is 44.9 Å². The van der Waals surface area contributed by atoms with E-state index in [2.05, 4.69) is 25.8 Å². The third-order valence-electron chi connectivity index (χ3n) is 5.21. The van der Waals surface area contributed by atoms with Crippen LogP contribution in [0.4, 0.5) is 0 Å². The van der Waals surface area contributed by atoms with Gasteiger partial charge in [-0.05, 0) is 62.3 Å². The molecule has 1 aliphatic rings. The van der Waals surface area contributed by atoms with Crippen molar-refractivity contribution >= 4 is 29.9 Å². The first-order valence-corrected chi connectivity index (χ1v) is 11.3. The molecule has 178 valence electrons. The van der Waals surface area contributed by atoms with E-state index in [1.165, 1.54) is 12.8 Å². The topological polar surface area (TPSA) is 93.8 Å². The number of rotatable bonds is 14. The third kappa shape index (κ3) is 9.72. The largest absolute Gasteiger partial charge is 0.497 e. The zero-order chi connectivity index (χ0) is 21.7. The van der Waals surface area contributed by atoms with Crippen LogP contribution in [0.1, 0.15) is 44.4 Å². The summed E-state index contributed by atoms with van der Waals surface area (Å²) in [5.41, 5.74) is 0.924. The molecule has 1 aromatic carbocycles. The highest BCUT2D eigenvalue weighted by atomic mass is 127. The normalized spacial score (nSPS) is 13.5. The Labute approximate surface area is 208 Å². The van der Waals surface area contributed by atoms with Gasteiger partial charge in [0.2, 0.25) is 11.7 Å². The summed E-state index contributed by atoms with van der Waals surface area (Å²) in [5, 5.41) is 10.8. The average molecular weight is 557 g/mol. The summed E-state index contributed by atoms with van der Waals surface area (Å²) < 4.78 is 16.2. The molecule has 1 fully saturated rings. The highest BCUT2D eigenvalue weighted by Crippen LogP contribution is 2.28. The molecule has 0 saturated heterocycles. The van der Waals surface area contributed by atoms with Gasteiger partial charge in [-0.25, -0.2) is 0 Å². The number of nitrogens with one attached hydrogen (secondary N) is 2. The van der Waals surface area contributed by atoms with Crippen molar-refractivity contribution in [3.05, 3.63) is 30.2 Å². The summed E-state index contributed by atoms with van der Waals surface area (Å²) in [5.74, 6) is 3.79. The number of aryl methyl sites for hydroxylation is 1. The van der Waals surface area contributed by atoms with Crippen molar-refractivity contribution < 1.29 is 14.0 Å². The quantitative estimate of drug-likeness (QED) is 0.157. The van der Waals surface area contributed by atoms with Crippen molar-refractivity contribution in [2.24, 2.45) is 10.9 Å². The van der Waals surface area contributed by atoms with Crippen LogP contribution < -0.4 is 15.4 Å². The van der Waals surface area contributed by atoms with Gasteiger partial charge in [-0.2, -0.15) is 4.98 Å². The number of unbranched alkanes of at least 4 members (excludes halogenated alkanes) is 2. The molecular formula is C23H36IN5O3. The molecule has 3 rings (SSSR count). The lowest BCUT2D eigenvalue weighted by molar-refractivity contribution is 0.123. The van der Waals surface area contributed by atoms with E-state index in [1.54, 1.807) is 14.2 Å². The fourth-order valence-corrected chi connectivity index (χ4v) is 3.13. The number of methoxy groups -OCH3 is 1. The number of benzene rings is 1. The summed E-state index contributed by atoms with van der Waals surface area (Å²) >= 11 is 0. The van der Waals surface area contributed by atoms with E-state index < -0.39 is 0 Å². The molecule has 2 N–H and O–H groups in total. The predicted octanol–water partition coefficient (Wildman–Crippen LogP) is 4.06. The molecule has 1 aromatic heterocycles. The first-order chi connectivity index (χ1) is 15.3. The van der Waals surface area contributed by atoms with E-state index in [1.807, 2.05) is 24.3 Å². The fraction of sp³-hybridized carbons (Fsp3) is 0.609. The van der Waals surface area contributed by atoms with Gasteiger partial charge >= 0.3 is 0 Å². The molecule has 8 nitrogen and oxygen atoms in total. The molecule has 0 radical (unpaired) electrons. The van der Waals surface area contributed by atoms with Gasteiger partial charge in [0.1, 0.15) is 5.75 Å².